The van der Waals surface area contributed by atoms with E-state index in [0.29, 0.717) is 29.9 Å². The largest absolute Gasteiger partial charge is 0.497 e. The van der Waals surface area contributed by atoms with Crippen molar-refractivity contribution in [2.75, 3.05) is 30.8 Å². The predicted molar refractivity (Wildman–Crippen MR) is 125 cm³/mol. The molecule has 0 unspecified atom stereocenters. The average molecular weight is 438 g/mol. The van der Waals surface area contributed by atoms with Gasteiger partial charge in [-0.25, -0.2) is 4.98 Å². The molecular formula is C23H24ClN5O2. The van der Waals surface area contributed by atoms with E-state index in [9.17, 15) is 4.79 Å². The van der Waals surface area contributed by atoms with Crippen LogP contribution >= 0.6 is 11.6 Å². The van der Waals surface area contributed by atoms with E-state index in [-0.39, 0.29) is 5.91 Å². The number of amides is 1. The normalized spacial score (nSPS) is 10.7. The summed E-state index contributed by atoms with van der Waals surface area (Å²) < 4.78 is 5.17. The summed E-state index contributed by atoms with van der Waals surface area (Å²) in [7, 11) is 1.63. The second-order valence-corrected chi connectivity index (χ2v) is 7.05. The highest BCUT2D eigenvalue weighted by molar-refractivity contribution is 6.32. The smallest absolute Gasteiger partial charge is 0.244 e. The van der Waals surface area contributed by atoms with Crippen LogP contribution in [-0.2, 0) is 4.79 Å². The van der Waals surface area contributed by atoms with Crippen molar-refractivity contribution in [3.63, 3.8) is 0 Å². The molecule has 1 amide bonds. The zero-order chi connectivity index (χ0) is 22.1. The number of hydrogen-bond acceptors (Lipinski definition) is 6. The molecule has 3 N–H and O–H groups in total. The summed E-state index contributed by atoms with van der Waals surface area (Å²) in [5.41, 5.74) is 2.50. The summed E-state index contributed by atoms with van der Waals surface area (Å²) in [5, 5.41) is 9.78. The van der Waals surface area contributed by atoms with Crippen molar-refractivity contribution in [1.82, 2.24) is 15.3 Å². The van der Waals surface area contributed by atoms with Gasteiger partial charge in [0, 0.05) is 41.6 Å². The van der Waals surface area contributed by atoms with E-state index < -0.39 is 0 Å². The maximum Gasteiger partial charge on any atom is 0.244 e. The standard InChI is InChI=1S/C23H24ClN5O2/c1-16-15-21(28-18-8-10-19(31-2)11-9-18)29-23(27-16)26-14-13-25-22(30)12-7-17-5-3-4-6-20(17)24/h3-12,15H,13-14H2,1-2H3,(H,25,30)(H2,26,27,28,29)/b12-7+. The Labute approximate surface area is 186 Å². The number of ether oxygens (including phenoxy) is 1. The minimum Gasteiger partial charge on any atom is -0.497 e. The third kappa shape index (κ3) is 7.01. The lowest BCUT2D eigenvalue weighted by molar-refractivity contribution is -0.116. The number of nitrogens with zero attached hydrogens (tertiary/aromatic N) is 2. The van der Waals surface area contributed by atoms with Gasteiger partial charge in [0.2, 0.25) is 11.9 Å². The summed E-state index contributed by atoms with van der Waals surface area (Å²) in [6, 6.07) is 16.8. The minimum atomic E-state index is -0.200. The second-order valence-electron chi connectivity index (χ2n) is 6.64. The Bertz CT molecular complexity index is 1050. The number of benzene rings is 2. The maximum atomic E-state index is 12.0. The number of aromatic nitrogens is 2. The van der Waals surface area contributed by atoms with E-state index >= 15 is 0 Å². The first kappa shape index (κ1) is 22.1. The Kier molecular flexibility index (Phi) is 7.84. The van der Waals surface area contributed by atoms with Gasteiger partial charge in [-0.15, -0.1) is 0 Å². The van der Waals surface area contributed by atoms with Crippen molar-refractivity contribution in [2.45, 2.75) is 6.92 Å². The summed E-state index contributed by atoms with van der Waals surface area (Å²) in [4.78, 5) is 20.8. The molecule has 0 spiro atoms. The molecule has 0 saturated carbocycles. The molecule has 3 rings (SSSR count). The quantitative estimate of drug-likeness (QED) is 0.339. The molecule has 0 atom stereocenters. The van der Waals surface area contributed by atoms with Crippen molar-refractivity contribution in [3.05, 3.63) is 77.0 Å². The van der Waals surface area contributed by atoms with Gasteiger partial charge in [-0.2, -0.15) is 4.98 Å². The third-order valence-electron chi connectivity index (χ3n) is 4.24. The Morgan fingerprint density at radius 2 is 1.87 bits per heavy atom. The summed E-state index contributed by atoms with van der Waals surface area (Å²) >= 11 is 6.07. The Hall–Kier alpha value is -3.58. The molecule has 0 aliphatic heterocycles. The number of methoxy groups -OCH3 is 1. The van der Waals surface area contributed by atoms with Crippen LogP contribution in [0.15, 0.2) is 60.7 Å². The lowest BCUT2D eigenvalue weighted by Crippen LogP contribution is -2.27. The lowest BCUT2D eigenvalue weighted by atomic mass is 10.2. The van der Waals surface area contributed by atoms with Gasteiger partial charge >= 0.3 is 0 Å². The SMILES string of the molecule is COc1ccc(Nc2cc(C)nc(NCCNC(=O)/C=C/c3ccccc3Cl)n2)cc1. The summed E-state index contributed by atoms with van der Waals surface area (Å²) in [6.45, 7) is 2.80. The highest BCUT2D eigenvalue weighted by Gasteiger charge is 2.04. The van der Waals surface area contributed by atoms with Crippen LogP contribution in [0.2, 0.25) is 5.02 Å². The minimum absolute atomic E-state index is 0.200. The first-order valence-electron chi connectivity index (χ1n) is 9.74. The summed E-state index contributed by atoms with van der Waals surface area (Å²) in [5.74, 6) is 1.74. The Balaban J connectivity index is 1.48. The van der Waals surface area contributed by atoms with E-state index in [4.69, 9.17) is 16.3 Å². The van der Waals surface area contributed by atoms with Gasteiger partial charge in [0.25, 0.3) is 0 Å². The first-order valence-corrected chi connectivity index (χ1v) is 10.1. The van der Waals surface area contributed by atoms with E-state index in [2.05, 4.69) is 25.9 Å². The van der Waals surface area contributed by atoms with E-state index in [1.165, 1.54) is 6.08 Å². The van der Waals surface area contributed by atoms with Crippen LogP contribution in [0.25, 0.3) is 6.08 Å². The van der Waals surface area contributed by atoms with Crippen LogP contribution < -0.4 is 20.7 Å². The molecule has 0 fully saturated rings. The maximum absolute atomic E-state index is 12.0. The summed E-state index contributed by atoms with van der Waals surface area (Å²) in [6.07, 6.45) is 3.15. The van der Waals surface area contributed by atoms with E-state index in [1.54, 1.807) is 19.3 Å². The number of nitrogens with one attached hydrogen (secondary N) is 3. The fourth-order valence-electron chi connectivity index (χ4n) is 2.73. The molecule has 2 aromatic carbocycles. The van der Waals surface area contributed by atoms with Crippen molar-refractivity contribution in [2.24, 2.45) is 0 Å². The van der Waals surface area contributed by atoms with Gasteiger partial charge in [-0.3, -0.25) is 4.79 Å². The van der Waals surface area contributed by atoms with E-state index in [1.807, 2.05) is 55.5 Å². The fourth-order valence-corrected chi connectivity index (χ4v) is 2.93. The molecule has 1 aromatic heterocycles. The molecule has 0 saturated heterocycles. The monoisotopic (exact) mass is 437 g/mol. The molecule has 0 bridgehead atoms. The van der Waals surface area contributed by atoms with Crippen LogP contribution in [0, 0.1) is 6.92 Å². The van der Waals surface area contributed by atoms with Gasteiger partial charge in [-0.1, -0.05) is 29.8 Å². The number of anilines is 3. The molecular weight excluding hydrogens is 414 g/mol. The first-order chi connectivity index (χ1) is 15.0. The van der Waals surface area contributed by atoms with Gasteiger partial charge in [0.05, 0.1) is 7.11 Å². The van der Waals surface area contributed by atoms with Crippen LogP contribution in [0.4, 0.5) is 17.5 Å². The molecule has 0 aliphatic rings. The number of hydrogen-bond donors (Lipinski definition) is 3. The third-order valence-corrected chi connectivity index (χ3v) is 4.59. The zero-order valence-electron chi connectivity index (χ0n) is 17.4. The van der Waals surface area contributed by atoms with Gasteiger partial charge in [0.1, 0.15) is 11.6 Å². The second kappa shape index (κ2) is 11.0. The molecule has 31 heavy (non-hydrogen) atoms. The molecule has 8 heteroatoms. The van der Waals surface area contributed by atoms with Crippen LogP contribution in [0.3, 0.4) is 0 Å². The lowest BCUT2D eigenvalue weighted by Gasteiger charge is -2.10. The van der Waals surface area contributed by atoms with Crippen molar-refractivity contribution < 1.29 is 9.53 Å². The molecule has 0 aliphatic carbocycles. The van der Waals surface area contributed by atoms with Crippen molar-refractivity contribution in [3.8, 4) is 5.75 Å². The zero-order valence-corrected chi connectivity index (χ0v) is 18.1. The number of carbonyl (C=O) groups is 1. The number of rotatable bonds is 9. The Morgan fingerprint density at radius 1 is 1.10 bits per heavy atom. The van der Waals surface area contributed by atoms with Crippen LogP contribution in [-0.4, -0.2) is 36.1 Å². The molecule has 160 valence electrons. The predicted octanol–water partition coefficient (Wildman–Crippen LogP) is 4.43. The molecule has 0 radical (unpaired) electrons. The van der Waals surface area contributed by atoms with Crippen LogP contribution in [0.5, 0.6) is 5.75 Å². The fraction of sp³-hybridized carbons (Fsp3) is 0.174. The highest BCUT2D eigenvalue weighted by atomic mass is 35.5. The Morgan fingerprint density at radius 3 is 2.61 bits per heavy atom. The van der Waals surface area contributed by atoms with Crippen molar-refractivity contribution in [1.29, 1.82) is 0 Å². The van der Waals surface area contributed by atoms with Crippen molar-refractivity contribution >= 4 is 41.0 Å². The number of halogens is 1. The number of carbonyl (C=O) groups excluding carboxylic acids is 1. The number of aryl methyl sites for hydroxylation is 1. The van der Waals surface area contributed by atoms with Crippen LogP contribution in [0.1, 0.15) is 11.3 Å². The van der Waals surface area contributed by atoms with Gasteiger partial charge < -0.3 is 20.7 Å². The van der Waals surface area contributed by atoms with Gasteiger partial charge in [-0.05, 0) is 48.9 Å². The van der Waals surface area contributed by atoms with Gasteiger partial charge in [0.15, 0.2) is 0 Å². The average Bonchev–Trinajstić information content (AvgIpc) is 2.76. The topological polar surface area (TPSA) is 88.2 Å². The molecule has 1 heterocycles. The van der Waals surface area contributed by atoms with E-state index in [0.717, 1.165) is 22.7 Å². The highest BCUT2D eigenvalue weighted by Crippen LogP contribution is 2.20. The molecule has 7 nitrogen and oxygen atoms in total. The molecule has 3 aromatic rings.